The summed E-state index contributed by atoms with van der Waals surface area (Å²) in [5, 5.41) is 17.9. The van der Waals surface area contributed by atoms with Gasteiger partial charge >= 0.3 is 5.97 Å². The molecule has 9 nitrogen and oxygen atoms in total. The van der Waals surface area contributed by atoms with E-state index in [9.17, 15) is 19.5 Å². The van der Waals surface area contributed by atoms with Gasteiger partial charge in [0.05, 0.1) is 0 Å². The number of aromatic nitrogens is 2. The molecule has 3 heterocycles. The fourth-order valence-electron chi connectivity index (χ4n) is 3.55. The van der Waals surface area contributed by atoms with Crippen molar-refractivity contribution in [1.29, 1.82) is 0 Å². The Labute approximate surface area is 187 Å². The van der Waals surface area contributed by atoms with E-state index in [-0.39, 0.29) is 18.9 Å². The van der Waals surface area contributed by atoms with E-state index >= 15 is 0 Å². The highest BCUT2D eigenvalue weighted by Crippen LogP contribution is 2.20. The lowest BCUT2D eigenvalue weighted by Gasteiger charge is -2.17. The molecule has 0 saturated carbocycles. The minimum Gasteiger partial charge on any atom is -0.480 e. The number of aliphatic carboxylic acids is 1. The molecule has 3 rings (SSSR count). The number of nitrogens with one attached hydrogen (secondary N) is 3. The summed E-state index contributed by atoms with van der Waals surface area (Å²) in [7, 11) is 0. The lowest BCUT2D eigenvalue weighted by atomic mass is 10.1. The van der Waals surface area contributed by atoms with E-state index in [0.29, 0.717) is 12.0 Å². The molecule has 2 aromatic rings. The summed E-state index contributed by atoms with van der Waals surface area (Å²) >= 11 is 0. The van der Waals surface area contributed by atoms with Crippen LogP contribution in [0.15, 0.2) is 36.7 Å². The fraction of sp³-hybridized carbons (Fsp3) is 0.435. The first-order valence-corrected chi connectivity index (χ1v) is 11.0. The van der Waals surface area contributed by atoms with E-state index in [2.05, 4.69) is 38.1 Å². The summed E-state index contributed by atoms with van der Waals surface area (Å²) in [6, 6.07) is 6.11. The Balaban J connectivity index is 1.33. The van der Waals surface area contributed by atoms with E-state index in [4.69, 9.17) is 0 Å². The molecule has 32 heavy (non-hydrogen) atoms. The molecule has 4 N–H and O–H groups in total. The zero-order valence-corrected chi connectivity index (χ0v) is 18.0. The van der Waals surface area contributed by atoms with Crippen molar-refractivity contribution < 1.29 is 19.5 Å². The molecule has 1 atom stereocenters. The Morgan fingerprint density at radius 2 is 1.94 bits per heavy atom. The van der Waals surface area contributed by atoms with Gasteiger partial charge in [0.2, 0.25) is 5.91 Å². The maximum absolute atomic E-state index is 12.1. The van der Waals surface area contributed by atoms with E-state index in [1.54, 1.807) is 0 Å². The van der Waals surface area contributed by atoms with Gasteiger partial charge in [0.25, 0.3) is 5.91 Å². The molecular formula is C23H29N5O4. The average Bonchev–Trinajstić information content (AvgIpc) is 2.81. The molecule has 1 unspecified atom stereocenters. The second-order valence-corrected chi connectivity index (χ2v) is 7.79. The third kappa shape index (κ3) is 7.04. The van der Waals surface area contributed by atoms with Crippen LogP contribution in [0.5, 0.6) is 0 Å². The first-order chi connectivity index (χ1) is 15.5. The fourth-order valence-corrected chi connectivity index (χ4v) is 3.55. The van der Waals surface area contributed by atoms with Gasteiger partial charge in [-0.3, -0.25) is 14.6 Å². The van der Waals surface area contributed by atoms with Gasteiger partial charge in [-0.05, 0) is 62.3 Å². The second kappa shape index (κ2) is 11.8. The number of nitrogens with zero attached hydrogens (tertiary/aromatic N) is 2. The van der Waals surface area contributed by atoms with Crippen LogP contribution in [-0.2, 0) is 22.4 Å². The van der Waals surface area contributed by atoms with Crippen molar-refractivity contribution in [1.82, 2.24) is 20.6 Å². The zero-order chi connectivity index (χ0) is 22.8. The molecule has 0 bridgehead atoms. The van der Waals surface area contributed by atoms with Crippen LogP contribution in [0.4, 0.5) is 5.82 Å². The minimum atomic E-state index is -1.14. The van der Waals surface area contributed by atoms with E-state index < -0.39 is 17.9 Å². The number of pyridine rings is 2. The van der Waals surface area contributed by atoms with Crippen LogP contribution < -0.4 is 16.0 Å². The van der Waals surface area contributed by atoms with E-state index in [1.165, 1.54) is 30.1 Å². The van der Waals surface area contributed by atoms with Gasteiger partial charge in [-0.15, -0.1) is 0 Å². The monoisotopic (exact) mass is 439 g/mol. The number of carbonyl (C=O) groups excluding carboxylic acids is 2. The third-order valence-electron chi connectivity index (χ3n) is 5.34. The Morgan fingerprint density at radius 1 is 1.12 bits per heavy atom. The molecule has 0 fully saturated rings. The number of fused-ring (bicyclic) bond motifs is 1. The smallest absolute Gasteiger partial charge is 0.326 e. The third-order valence-corrected chi connectivity index (χ3v) is 5.34. The number of anilines is 1. The van der Waals surface area contributed by atoms with Crippen molar-refractivity contribution in [3.8, 4) is 0 Å². The highest BCUT2D eigenvalue weighted by atomic mass is 16.4. The standard InChI is InChI=1S/C23H29N5O4/c29-20(6-2-1-5-18-8-7-16-4-3-12-26-21(16)27-18)25-15-11-19(23(31)32)28-22(30)17-9-13-24-14-10-17/h7-10,13-14,19H,1-6,11-12,15H2,(H,25,29)(H,26,27)(H,28,30)(H,31,32). The van der Waals surface area contributed by atoms with Crippen LogP contribution in [0.3, 0.4) is 0 Å². The van der Waals surface area contributed by atoms with Crippen molar-refractivity contribution in [2.45, 2.75) is 51.0 Å². The summed E-state index contributed by atoms with van der Waals surface area (Å²) in [6.45, 7) is 1.13. The highest BCUT2D eigenvalue weighted by Gasteiger charge is 2.20. The lowest BCUT2D eigenvalue weighted by molar-refractivity contribution is -0.139. The number of hydrogen-bond acceptors (Lipinski definition) is 6. The molecule has 1 aliphatic rings. The molecule has 1 aliphatic heterocycles. The van der Waals surface area contributed by atoms with Gasteiger partial charge in [-0.25, -0.2) is 9.78 Å². The number of hydrogen-bond donors (Lipinski definition) is 4. The SMILES string of the molecule is O=C(CCCCc1ccc2c(n1)NCCC2)NCCC(NC(=O)c1ccncc1)C(=O)O. The van der Waals surface area contributed by atoms with Gasteiger partial charge in [-0.2, -0.15) is 0 Å². The predicted octanol–water partition coefficient (Wildman–Crippen LogP) is 1.94. The number of carboxylic acid groups (broad SMARTS) is 1. The van der Waals surface area contributed by atoms with Gasteiger partial charge in [0.1, 0.15) is 11.9 Å². The number of carboxylic acids is 1. The Bertz CT molecular complexity index is 935. The number of unbranched alkanes of at least 4 members (excludes halogenated alkanes) is 1. The van der Waals surface area contributed by atoms with Gasteiger partial charge in [0, 0.05) is 43.2 Å². The van der Waals surface area contributed by atoms with E-state index in [0.717, 1.165) is 50.2 Å². The zero-order valence-electron chi connectivity index (χ0n) is 18.0. The number of rotatable bonds is 11. The van der Waals surface area contributed by atoms with Crippen molar-refractivity contribution in [2.75, 3.05) is 18.4 Å². The topological polar surface area (TPSA) is 133 Å². The molecule has 170 valence electrons. The largest absolute Gasteiger partial charge is 0.480 e. The Hall–Kier alpha value is -3.49. The van der Waals surface area contributed by atoms with Crippen molar-refractivity contribution in [3.63, 3.8) is 0 Å². The number of carbonyl (C=O) groups is 3. The van der Waals surface area contributed by atoms with Crippen LogP contribution in [0.2, 0.25) is 0 Å². The molecule has 0 saturated heterocycles. The average molecular weight is 440 g/mol. The number of aryl methyl sites for hydroxylation is 2. The minimum absolute atomic E-state index is 0.101. The maximum Gasteiger partial charge on any atom is 0.326 e. The van der Waals surface area contributed by atoms with Gasteiger partial charge in [0.15, 0.2) is 0 Å². The molecule has 9 heteroatoms. The molecule has 0 radical (unpaired) electrons. The molecule has 0 aliphatic carbocycles. The first kappa shape index (κ1) is 23.2. The van der Waals surface area contributed by atoms with Crippen LogP contribution >= 0.6 is 0 Å². The predicted molar refractivity (Wildman–Crippen MR) is 119 cm³/mol. The molecule has 0 spiro atoms. The maximum atomic E-state index is 12.1. The second-order valence-electron chi connectivity index (χ2n) is 7.79. The lowest BCUT2D eigenvalue weighted by Crippen LogP contribution is -2.43. The van der Waals surface area contributed by atoms with Crippen LogP contribution in [0, 0.1) is 0 Å². The van der Waals surface area contributed by atoms with Crippen LogP contribution in [0.25, 0.3) is 0 Å². The molecular weight excluding hydrogens is 410 g/mol. The summed E-state index contributed by atoms with van der Waals surface area (Å²) in [4.78, 5) is 44.1. The van der Waals surface area contributed by atoms with Crippen molar-refractivity contribution in [2.24, 2.45) is 0 Å². The van der Waals surface area contributed by atoms with Crippen LogP contribution in [0.1, 0.15) is 53.7 Å². The summed E-state index contributed by atoms with van der Waals surface area (Å²) in [6.07, 6.45) is 7.96. The summed E-state index contributed by atoms with van der Waals surface area (Å²) < 4.78 is 0. The normalized spacial score (nSPS) is 13.4. The first-order valence-electron chi connectivity index (χ1n) is 11.0. The van der Waals surface area contributed by atoms with E-state index in [1.807, 2.05) is 0 Å². The Kier molecular flexibility index (Phi) is 8.53. The highest BCUT2D eigenvalue weighted by molar-refractivity contribution is 5.96. The van der Waals surface area contributed by atoms with Gasteiger partial charge < -0.3 is 21.1 Å². The molecule has 0 aromatic carbocycles. The van der Waals surface area contributed by atoms with Crippen LogP contribution in [-0.4, -0.2) is 52.0 Å². The van der Waals surface area contributed by atoms with Gasteiger partial charge in [-0.1, -0.05) is 6.07 Å². The molecule has 2 aromatic heterocycles. The number of amides is 2. The van der Waals surface area contributed by atoms with Crippen molar-refractivity contribution in [3.05, 3.63) is 53.5 Å². The van der Waals surface area contributed by atoms with Crippen molar-refractivity contribution >= 4 is 23.6 Å². The summed E-state index contributed by atoms with van der Waals surface area (Å²) in [5.41, 5.74) is 2.61. The Morgan fingerprint density at radius 3 is 2.72 bits per heavy atom. The quantitative estimate of drug-likeness (QED) is 0.393. The molecule has 2 amide bonds. The summed E-state index contributed by atoms with van der Waals surface area (Å²) in [5.74, 6) is -0.782.